The van der Waals surface area contributed by atoms with Crippen molar-refractivity contribution in [3.8, 4) is 0 Å². The predicted octanol–water partition coefficient (Wildman–Crippen LogP) is 3.62. The minimum absolute atomic E-state index is 0.0175. The molecule has 0 bridgehead atoms. The van der Waals surface area contributed by atoms with Gasteiger partial charge in [-0.1, -0.05) is 52.3 Å². The fourth-order valence-electron chi connectivity index (χ4n) is 2.33. The fraction of sp³-hybridized carbons (Fsp3) is 0.263. The molecule has 5 heteroatoms. The highest BCUT2D eigenvalue weighted by atomic mass is 79.9. The summed E-state index contributed by atoms with van der Waals surface area (Å²) >= 11 is 3.33. The van der Waals surface area contributed by atoms with Gasteiger partial charge < -0.3 is 10.2 Å². The molecule has 0 aliphatic heterocycles. The molecule has 2 aromatic carbocycles. The second kappa shape index (κ2) is 8.64. The summed E-state index contributed by atoms with van der Waals surface area (Å²) in [6, 6.07) is 17.0. The van der Waals surface area contributed by atoms with Crippen molar-refractivity contribution in [2.24, 2.45) is 0 Å². The highest BCUT2D eigenvalue weighted by Gasteiger charge is 2.18. The number of carbonyl (C=O) groups is 2. The van der Waals surface area contributed by atoms with Gasteiger partial charge in [-0.2, -0.15) is 0 Å². The average Bonchev–Trinajstić information content (AvgIpc) is 2.58. The Morgan fingerprint density at radius 2 is 1.79 bits per heavy atom. The summed E-state index contributed by atoms with van der Waals surface area (Å²) < 4.78 is 0.828. The quantitative estimate of drug-likeness (QED) is 0.821. The smallest absolute Gasteiger partial charge is 0.251 e. The van der Waals surface area contributed by atoms with Crippen molar-refractivity contribution in [1.82, 2.24) is 10.2 Å². The van der Waals surface area contributed by atoms with E-state index in [-0.39, 0.29) is 24.4 Å². The molecule has 126 valence electrons. The fourth-order valence-corrected chi connectivity index (χ4v) is 2.73. The largest absolute Gasteiger partial charge is 0.343 e. The molecular weight excluding hydrogens is 368 g/mol. The molecule has 0 aliphatic carbocycles. The van der Waals surface area contributed by atoms with E-state index in [1.54, 1.807) is 23.1 Å². The van der Waals surface area contributed by atoms with Crippen molar-refractivity contribution in [2.45, 2.75) is 26.4 Å². The van der Waals surface area contributed by atoms with Crippen LogP contribution >= 0.6 is 15.9 Å². The first-order chi connectivity index (χ1) is 11.5. The maximum Gasteiger partial charge on any atom is 0.251 e. The molecule has 0 spiro atoms. The van der Waals surface area contributed by atoms with E-state index in [1.807, 2.05) is 50.2 Å². The first kappa shape index (κ1) is 18.2. The zero-order valence-electron chi connectivity index (χ0n) is 13.8. The maximum atomic E-state index is 12.5. The monoisotopic (exact) mass is 388 g/mol. The number of nitrogens with one attached hydrogen (secondary N) is 1. The number of hydrogen-bond donors (Lipinski definition) is 1. The van der Waals surface area contributed by atoms with Gasteiger partial charge in [0.2, 0.25) is 5.91 Å². The number of halogens is 1. The van der Waals surface area contributed by atoms with Crippen LogP contribution in [0.2, 0.25) is 0 Å². The lowest BCUT2D eigenvalue weighted by atomic mass is 10.2. The number of hydrogen-bond acceptors (Lipinski definition) is 2. The Hall–Kier alpha value is -2.14. The van der Waals surface area contributed by atoms with E-state index in [4.69, 9.17) is 0 Å². The lowest BCUT2D eigenvalue weighted by molar-refractivity contribution is -0.132. The highest BCUT2D eigenvalue weighted by molar-refractivity contribution is 9.10. The molecule has 0 aliphatic rings. The van der Waals surface area contributed by atoms with Gasteiger partial charge in [-0.3, -0.25) is 9.59 Å². The van der Waals surface area contributed by atoms with Gasteiger partial charge in [0.25, 0.3) is 5.91 Å². The molecule has 2 amide bonds. The number of amides is 2. The van der Waals surface area contributed by atoms with Crippen LogP contribution in [0.15, 0.2) is 59.1 Å². The summed E-state index contributed by atoms with van der Waals surface area (Å²) in [5.41, 5.74) is 1.59. The first-order valence-electron chi connectivity index (χ1n) is 7.84. The van der Waals surface area contributed by atoms with Gasteiger partial charge in [0.1, 0.15) is 0 Å². The van der Waals surface area contributed by atoms with Gasteiger partial charge in [0.05, 0.1) is 6.54 Å². The van der Waals surface area contributed by atoms with Gasteiger partial charge in [-0.05, 0) is 37.6 Å². The summed E-state index contributed by atoms with van der Waals surface area (Å²) in [5, 5.41) is 2.70. The minimum atomic E-state index is -0.256. The third-order valence-electron chi connectivity index (χ3n) is 3.63. The Morgan fingerprint density at radius 3 is 2.42 bits per heavy atom. The summed E-state index contributed by atoms with van der Waals surface area (Å²) in [5.74, 6) is -0.356. The predicted molar refractivity (Wildman–Crippen MR) is 98.6 cm³/mol. The molecule has 0 heterocycles. The molecule has 0 atom stereocenters. The highest BCUT2D eigenvalue weighted by Crippen LogP contribution is 2.12. The van der Waals surface area contributed by atoms with Crippen molar-refractivity contribution in [3.63, 3.8) is 0 Å². The molecule has 24 heavy (non-hydrogen) atoms. The third-order valence-corrected chi connectivity index (χ3v) is 4.12. The molecule has 2 aromatic rings. The molecule has 4 nitrogen and oxygen atoms in total. The minimum Gasteiger partial charge on any atom is -0.343 e. The first-order valence-corrected chi connectivity index (χ1v) is 8.64. The summed E-state index contributed by atoms with van der Waals surface area (Å²) in [6.07, 6.45) is 0. The van der Waals surface area contributed by atoms with Crippen LogP contribution in [0.4, 0.5) is 0 Å². The van der Waals surface area contributed by atoms with Crippen LogP contribution in [0.5, 0.6) is 0 Å². The Labute approximate surface area is 151 Å². The molecule has 0 fully saturated rings. The van der Waals surface area contributed by atoms with E-state index >= 15 is 0 Å². The molecular formula is C19H21BrN2O2. The van der Waals surface area contributed by atoms with Crippen LogP contribution in [-0.2, 0) is 11.3 Å². The van der Waals surface area contributed by atoms with Gasteiger partial charge in [0.15, 0.2) is 0 Å². The van der Waals surface area contributed by atoms with Crippen molar-refractivity contribution < 1.29 is 9.59 Å². The van der Waals surface area contributed by atoms with Crippen LogP contribution in [0, 0.1) is 0 Å². The zero-order chi connectivity index (χ0) is 17.5. The van der Waals surface area contributed by atoms with Gasteiger partial charge in [-0.15, -0.1) is 0 Å². The van der Waals surface area contributed by atoms with Crippen molar-refractivity contribution in [3.05, 3.63) is 70.2 Å². The number of nitrogens with zero attached hydrogens (tertiary/aromatic N) is 1. The SMILES string of the molecule is CC(C)N(Cc1ccccc1)C(=O)CNC(=O)c1cccc(Br)c1. The van der Waals surface area contributed by atoms with E-state index < -0.39 is 0 Å². The maximum absolute atomic E-state index is 12.5. The molecule has 0 radical (unpaired) electrons. The molecule has 0 aromatic heterocycles. The Kier molecular flexibility index (Phi) is 6.55. The van der Waals surface area contributed by atoms with Gasteiger partial charge >= 0.3 is 0 Å². The van der Waals surface area contributed by atoms with E-state index in [0.29, 0.717) is 12.1 Å². The Morgan fingerprint density at radius 1 is 1.08 bits per heavy atom. The Bertz CT molecular complexity index is 702. The van der Waals surface area contributed by atoms with Crippen molar-refractivity contribution in [2.75, 3.05) is 6.54 Å². The van der Waals surface area contributed by atoms with Crippen LogP contribution in [0.3, 0.4) is 0 Å². The lowest BCUT2D eigenvalue weighted by Crippen LogP contribution is -2.43. The summed E-state index contributed by atoms with van der Waals surface area (Å²) in [7, 11) is 0. The van der Waals surface area contributed by atoms with Crippen molar-refractivity contribution >= 4 is 27.7 Å². The standard InChI is InChI=1S/C19H21BrN2O2/c1-14(2)22(13-15-7-4-3-5-8-15)18(23)12-21-19(24)16-9-6-10-17(20)11-16/h3-11,14H,12-13H2,1-2H3,(H,21,24). The average molecular weight is 389 g/mol. The van der Waals surface area contributed by atoms with E-state index in [0.717, 1.165) is 10.0 Å². The third kappa shape index (κ3) is 5.20. The molecule has 0 saturated carbocycles. The zero-order valence-corrected chi connectivity index (χ0v) is 15.4. The molecule has 0 saturated heterocycles. The topological polar surface area (TPSA) is 49.4 Å². The molecule has 1 N–H and O–H groups in total. The normalized spacial score (nSPS) is 10.5. The molecule has 2 rings (SSSR count). The van der Waals surface area contributed by atoms with E-state index in [9.17, 15) is 9.59 Å². The Balaban J connectivity index is 1.97. The van der Waals surface area contributed by atoms with Crippen LogP contribution in [0.1, 0.15) is 29.8 Å². The number of carbonyl (C=O) groups excluding carboxylic acids is 2. The van der Waals surface area contributed by atoms with Crippen LogP contribution in [-0.4, -0.2) is 29.3 Å². The van der Waals surface area contributed by atoms with E-state index in [2.05, 4.69) is 21.2 Å². The van der Waals surface area contributed by atoms with Crippen LogP contribution < -0.4 is 5.32 Å². The summed E-state index contributed by atoms with van der Waals surface area (Å²) in [4.78, 5) is 26.4. The molecule has 0 unspecified atom stereocenters. The van der Waals surface area contributed by atoms with E-state index in [1.165, 1.54) is 0 Å². The summed E-state index contributed by atoms with van der Waals surface area (Å²) in [6.45, 7) is 4.45. The van der Waals surface area contributed by atoms with Gasteiger partial charge in [-0.25, -0.2) is 0 Å². The van der Waals surface area contributed by atoms with Gasteiger partial charge in [0, 0.05) is 22.6 Å². The second-order valence-corrected chi connectivity index (χ2v) is 6.71. The van der Waals surface area contributed by atoms with Crippen LogP contribution in [0.25, 0.3) is 0 Å². The number of benzene rings is 2. The lowest BCUT2D eigenvalue weighted by Gasteiger charge is -2.27. The van der Waals surface area contributed by atoms with Crippen molar-refractivity contribution in [1.29, 1.82) is 0 Å². The number of rotatable bonds is 6. The second-order valence-electron chi connectivity index (χ2n) is 5.79.